The van der Waals surface area contributed by atoms with Crippen LogP contribution in [0, 0.1) is 5.92 Å². The van der Waals surface area contributed by atoms with Gasteiger partial charge in [-0.15, -0.1) is 11.6 Å². The molecule has 2 aliphatic heterocycles. The van der Waals surface area contributed by atoms with Gasteiger partial charge in [0.25, 0.3) is 10.1 Å². The fourth-order valence-electron chi connectivity index (χ4n) is 4.17. The zero-order valence-electron chi connectivity index (χ0n) is 16.5. The molecule has 2 aliphatic rings. The van der Waals surface area contributed by atoms with Gasteiger partial charge in [0.2, 0.25) is 0 Å². The van der Waals surface area contributed by atoms with E-state index in [1.807, 2.05) is 13.0 Å². The molecule has 0 radical (unpaired) electrons. The summed E-state index contributed by atoms with van der Waals surface area (Å²) in [6, 6.07) is 5.93. The van der Waals surface area contributed by atoms with Crippen LogP contribution in [0.2, 0.25) is 0 Å². The Labute approximate surface area is 191 Å². The molecule has 1 fully saturated rings. The summed E-state index contributed by atoms with van der Waals surface area (Å²) in [6.07, 6.45) is 3.45. The highest BCUT2D eigenvalue weighted by Crippen LogP contribution is 2.48. The lowest BCUT2D eigenvalue weighted by atomic mass is 9.79. The molecule has 10 heteroatoms. The van der Waals surface area contributed by atoms with Gasteiger partial charge in [0, 0.05) is 24.6 Å². The number of likely N-dealkylation sites (tertiary alicyclic amines) is 1. The van der Waals surface area contributed by atoms with Crippen molar-refractivity contribution in [2.45, 2.75) is 48.3 Å². The standard InChI is InChI=1S/C20H25Cl2NO5S2/c1-2-16(18(24)14-5-3-13(4-6-14)12-30(26,27)28)23-9-7-20(25,8-10-23)15-11-17(21)29-19(15)22/h3-6,11,15-16,19,25H,2,7-10,12H2,1H3,(H,26,27,28). The minimum absolute atomic E-state index is 0.0454. The number of rotatable bonds is 7. The van der Waals surface area contributed by atoms with Crippen molar-refractivity contribution < 1.29 is 22.9 Å². The Morgan fingerprint density at radius 3 is 2.37 bits per heavy atom. The Hall–Kier alpha value is -0.610. The smallest absolute Gasteiger partial charge is 0.269 e. The third-order valence-corrected chi connectivity index (χ3v) is 8.33. The quantitative estimate of drug-likeness (QED) is 0.338. The first-order valence-electron chi connectivity index (χ1n) is 9.75. The predicted molar refractivity (Wildman–Crippen MR) is 121 cm³/mol. The van der Waals surface area contributed by atoms with Gasteiger partial charge in [-0.05, 0) is 24.8 Å². The number of aliphatic hydroxyl groups is 1. The number of thioether (sulfide) groups is 1. The minimum atomic E-state index is -4.11. The van der Waals surface area contributed by atoms with Gasteiger partial charge < -0.3 is 5.11 Å². The van der Waals surface area contributed by atoms with Crippen molar-refractivity contribution in [2.75, 3.05) is 13.1 Å². The average Bonchev–Trinajstić information content (AvgIpc) is 3.02. The molecule has 3 atom stereocenters. The molecule has 0 spiro atoms. The summed E-state index contributed by atoms with van der Waals surface area (Å²) < 4.78 is 31.3. The molecule has 1 aromatic carbocycles. The molecule has 0 saturated carbocycles. The Kier molecular flexibility index (Phi) is 7.60. The highest BCUT2D eigenvalue weighted by atomic mass is 35.5. The molecule has 3 unspecified atom stereocenters. The topological polar surface area (TPSA) is 94.9 Å². The fraction of sp³-hybridized carbons (Fsp3) is 0.550. The molecule has 2 N–H and O–H groups in total. The van der Waals surface area contributed by atoms with Crippen molar-refractivity contribution in [2.24, 2.45) is 5.92 Å². The summed E-state index contributed by atoms with van der Waals surface area (Å²) in [4.78, 5) is 15.1. The number of piperidine rings is 1. The van der Waals surface area contributed by atoms with E-state index in [4.69, 9.17) is 27.8 Å². The number of benzene rings is 1. The van der Waals surface area contributed by atoms with Crippen molar-refractivity contribution in [3.63, 3.8) is 0 Å². The molecular formula is C20H25Cl2NO5S2. The average molecular weight is 494 g/mol. The zero-order valence-corrected chi connectivity index (χ0v) is 19.6. The number of carbonyl (C=O) groups is 1. The molecule has 3 rings (SSSR count). The third-order valence-electron chi connectivity index (χ3n) is 5.82. The van der Waals surface area contributed by atoms with E-state index in [1.54, 1.807) is 12.1 Å². The highest BCUT2D eigenvalue weighted by molar-refractivity contribution is 8.06. The lowest BCUT2D eigenvalue weighted by Crippen LogP contribution is -2.53. The van der Waals surface area contributed by atoms with Gasteiger partial charge in [-0.25, -0.2) is 0 Å². The van der Waals surface area contributed by atoms with E-state index in [9.17, 15) is 18.3 Å². The van der Waals surface area contributed by atoms with E-state index in [-0.39, 0.29) is 22.5 Å². The first kappa shape index (κ1) is 24.0. The number of alkyl halides is 1. The molecule has 1 saturated heterocycles. The summed E-state index contributed by atoms with van der Waals surface area (Å²) in [6.45, 7) is 3.08. The summed E-state index contributed by atoms with van der Waals surface area (Å²) in [5.74, 6) is -0.746. The van der Waals surface area contributed by atoms with Crippen molar-refractivity contribution in [3.05, 3.63) is 45.8 Å². The monoisotopic (exact) mass is 493 g/mol. The third kappa shape index (κ3) is 5.59. The van der Waals surface area contributed by atoms with E-state index in [1.165, 1.54) is 23.9 Å². The first-order valence-corrected chi connectivity index (χ1v) is 13.1. The lowest BCUT2D eigenvalue weighted by Gasteiger charge is -2.44. The summed E-state index contributed by atoms with van der Waals surface area (Å²) in [5, 5.41) is 11.1. The predicted octanol–water partition coefficient (Wildman–Crippen LogP) is 3.87. The lowest BCUT2D eigenvalue weighted by molar-refractivity contribution is -0.0543. The normalized spacial score (nSPS) is 25.7. The number of halogens is 2. The van der Waals surface area contributed by atoms with Crippen molar-refractivity contribution >= 4 is 50.9 Å². The van der Waals surface area contributed by atoms with Crippen molar-refractivity contribution in [3.8, 4) is 0 Å². The SMILES string of the molecule is CCC(C(=O)c1ccc(CS(=O)(=O)O)cc1)N1CCC(O)(C2C=C(Cl)SC2Cl)CC1. The highest BCUT2D eigenvalue weighted by Gasteiger charge is 2.46. The van der Waals surface area contributed by atoms with Crippen molar-refractivity contribution in [1.82, 2.24) is 4.90 Å². The summed E-state index contributed by atoms with van der Waals surface area (Å²) in [5.41, 5.74) is -0.0304. The zero-order chi connectivity index (χ0) is 22.1. The molecule has 0 aliphatic carbocycles. The van der Waals surface area contributed by atoms with Crippen LogP contribution in [0.3, 0.4) is 0 Å². The number of carbonyl (C=O) groups excluding carboxylic acids is 1. The van der Waals surface area contributed by atoms with Gasteiger partial charge in [0.1, 0.15) is 5.75 Å². The Bertz CT molecular complexity index is 912. The molecule has 1 aromatic rings. The van der Waals surface area contributed by atoms with Crippen LogP contribution in [0.5, 0.6) is 0 Å². The van der Waals surface area contributed by atoms with Gasteiger partial charge in [-0.2, -0.15) is 8.42 Å². The van der Waals surface area contributed by atoms with Crippen LogP contribution < -0.4 is 0 Å². The maximum Gasteiger partial charge on any atom is 0.269 e. The number of hydrogen-bond donors (Lipinski definition) is 2. The van der Waals surface area contributed by atoms with Crippen LogP contribution in [0.4, 0.5) is 0 Å². The number of Topliss-reactive ketones (excluding diaryl/α,β-unsaturated/α-hetero) is 1. The Morgan fingerprint density at radius 2 is 1.90 bits per heavy atom. The molecule has 6 nitrogen and oxygen atoms in total. The largest absolute Gasteiger partial charge is 0.389 e. The molecule has 0 amide bonds. The van der Waals surface area contributed by atoms with Crippen molar-refractivity contribution in [1.29, 1.82) is 0 Å². The maximum atomic E-state index is 13.1. The van der Waals surface area contributed by atoms with E-state index in [0.717, 1.165) is 0 Å². The molecular weight excluding hydrogens is 469 g/mol. The molecule has 2 heterocycles. The van der Waals surface area contributed by atoms with Crippen LogP contribution >= 0.6 is 35.0 Å². The fourth-order valence-corrected chi connectivity index (χ4v) is 6.86. The van der Waals surface area contributed by atoms with E-state index in [0.29, 0.717) is 47.8 Å². The van der Waals surface area contributed by atoms with Gasteiger partial charge >= 0.3 is 0 Å². The summed E-state index contributed by atoms with van der Waals surface area (Å²) >= 11 is 13.8. The molecule has 0 bridgehead atoms. The molecule has 0 aromatic heterocycles. The first-order chi connectivity index (χ1) is 14.0. The maximum absolute atomic E-state index is 13.1. The van der Waals surface area contributed by atoms with Crippen LogP contribution in [-0.2, 0) is 15.9 Å². The van der Waals surface area contributed by atoms with Gasteiger partial charge in [0.05, 0.1) is 20.7 Å². The van der Waals surface area contributed by atoms with E-state index < -0.39 is 21.5 Å². The van der Waals surface area contributed by atoms with E-state index in [2.05, 4.69) is 4.90 Å². The van der Waals surface area contributed by atoms with Gasteiger partial charge in [0.15, 0.2) is 5.78 Å². The van der Waals surface area contributed by atoms with Crippen LogP contribution in [0.1, 0.15) is 42.1 Å². The molecule has 166 valence electrons. The number of nitrogens with zero attached hydrogens (tertiary/aromatic N) is 1. The van der Waals surface area contributed by atoms with Gasteiger partial charge in [-0.1, -0.05) is 60.6 Å². The second-order valence-corrected chi connectivity index (χ2v) is 11.8. The number of hydrogen-bond acceptors (Lipinski definition) is 6. The van der Waals surface area contributed by atoms with Gasteiger partial charge in [-0.3, -0.25) is 14.2 Å². The second kappa shape index (κ2) is 9.48. The van der Waals surface area contributed by atoms with E-state index >= 15 is 0 Å². The minimum Gasteiger partial charge on any atom is -0.389 e. The van der Waals surface area contributed by atoms with Crippen LogP contribution in [-0.4, -0.2) is 58.2 Å². The Balaban J connectivity index is 1.66. The number of ketones is 1. The van der Waals surface area contributed by atoms with Crippen LogP contribution in [0.15, 0.2) is 34.7 Å². The van der Waals surface area contributed by atoms with Crippen LogP contribution in [0.25, 0.3) is 0 Å². The molecule has 30 heavy (non-hydrogen) atoms. The second-order valence-electron chi connectivity index (χ2n) is 7.82. The summed E-state index contributed by atoms with van der Waals surface area (Å²) in [7, 11) is -4.11. The Morgan fingerprint density at radius 1 is 1.30 bits per heavy atom.